The quantitative estimate of drug-likeness (QED) is 0.794. The summed E-state index contributed by atoms with van der Waals surface area (Å²) in [6, 6.07) is 8.09. The van der Waals surface area contributed by atoms with Crippen LogP contribution in [0.5, 0.6) is 0 Å². The van der Waals surface area contributed by atoms with Crippen LogP contribution < -0.4 is 5.32 Å². The molecule has 15 heavy (non-hydrogen) atoms. The molecule has 0 saturated heterocycles. The fraction of sp³-hybridized carbons (Fsp3) is 0.571. The van der Waals surface area contributed by atoms with Crippen LogP contribution in [-0.2, 0) is 6.42 Å². The largest absolute Gasteiger partial charge is 0.307 e. The molecule has 1 aliphatic rings. The van der Waals surface area contributed by atoms with Crippen molar-refractivity contribution in [1.82, 2.24) is 5.32 Å². The van der Waals surface area contributed by atoms with E-state index in [1.807, 2.05) is 0 Å². The minimum absolute atomic E-state index is 0.592. The van der Waals surface area contributed by atoms with E-state index in [9.17, 15) is 0 Å². The van der Waals surface area contributed by atoms with Gasteiger partial charge in [0, 0.05) is 12.1 Å². The highest BCUT2D eigenvalue weighted by atomic mass is 14.9. The van der Waals surface area contributed by atoms with Gasteiger partial charge < -0.3 is 5.32 Å². The molecular weight excluding hydrogens is 182 g/mol. The van der Waals surface area contributed by atoms with Gasteiger partial charge in [-0.2, -0.15) is 0 Å². The summed E-state index contributed by atoms with van der Waals surface area (Å²) >= 11 is 0. The molecule has 1 aromatic rings. The van der Waals surface area contributed by atoms with Crippen molar-refractivity contribution in [2.24, 2.45) is 0 Å². The van der Waals surface area contributed by atoms with E-state index in [0.717, 1.165) is 0 Å². The minimum atomic E-state index is 0.592. The molecule has 0 aromatic heterocycles. The van der Waals surface area contributed by atoms with Gasteiger partial charge in [-0.3, -0.25) is 0 Å². The topological polar surface area (TPSA) is 12.0 Å². The van der Waals surface area contributed by atoms with Gasteiger partial charge in [0.1, 0.15) is 0 Å². The number of nitrogens with one attached hydrogen (secondary N) is 1. The summed E-state index contributed by atoms with van der Waals surface area (Å²) in [5, 5.41) is 3.71. The first kappa shape index (κ1) is 10.7. The maximum atomic E-state index is 3.71. The first-order valence-electron chi connectivity index (χ1n) is 6.06. The van der Waals surface area contributed by atoms with Gasteiger partial charge in [-0.15, -0.1) is 0 Å². The van der Waals surface area contributed by atoms with Crippen molar-refractivity contribution in [3.8, 4) is 0 Å². The predicted octanol–water partition coefficient (Wildman–Crippen LogP) is 3.37. The minimum Gasteiger partial charge on any atom is -0.307 e. The van der Waals surface area contributed by atoms with Crippen LogP contribution in [0.3, 0.4) is 0 Å². The Labute approximate surface area is 92.9 Å². The fourth-order valence-corrected chi connectivity index (χ4v) is 2.36. The molecule has 82 valence electrons. The zero-order chi connectivity index (χ0) is 10.8. The van der Waals surface area contributed by atoms with Crippen molar-refractivity contribution < 1.29 is 0 Å². The molecule has 0 fully saturated rings. The summed E-state index contributed by atoms with van der Waals surface area (Å²) in [4.78, 5) is 0. The van der Waals surface area contributed by atoms with Gasteiger partial charge in [-0.25, -0.2) is 0 Å². The standard InChI is InChI=1S/C14H21N/c1-4-11(3)15-14-8-7-12-6-5-10(2)9-13(12)14/h5-6,9,11,14-15H,4,7-8H2,1-3H3. The Balaban J connectivity index is 2.16. The van der Waals surface area contributed by atoms with Crippen LogP contribution in [0.1, 0.15) is 49.4 Å². The molecule has 1 heteroatoms. The third kappa shape index (κ3) is 2.23. The zero-order valence-electron chi connectivity index (χ0n) is 10.0. The number of rotatable bonds is 3. The van der Waals surface area contributed by atoms with E-state index in [1.54, 1.807) is 5.56 Å². The van der Waals surface area contributed by atoms with Gasteiger partial charge in [0.15, 0.2) is 0 Å². The zero-order valence-corrected chi connectivity index (χ0v) is 10.0. The summed E-state index contributed by atoms with van der Waals surface area (Å²) in [5.74, 6) is 0. The van der Waals surface area contributed by atoms with Crippen LogP contribution in [0.2, 0.25) is 0 Å². The summed E-state index contributed by atoms with van der Waals surface area (Å²) in [6.45, 7) is 6.69. The highest BCUT2D eigenvalue weighted by molar-refractivity contribution is 5.37. The molecule has 2 rings (SSSR count). The van der Waals surface area contributed by atoms with E-state index in [1.165, 1.54) is 30.4 Å². The molecule has 0 heterocycles. The van der Waals surface area contributed by atoms with Crippen molar-refractivity contribution in [3.05, 3.63) is 34.9 Å². The van der Waals surface area contributed by atoms with Crippen LogP contribution in [0, 0.1) is 6.92 Å². The van der Waals surface area contributed by atoms with E-state index < -0.39 is 0 Å². The lowest BCUT2D eigenvalue weighted by molar-refractivity contribution is 0.444. The Hall–Kier alpha value is -0.820. The first-order chi connectivity index (χ1) is 7.20. The van der Waals surface area contributed by atoms with Crippen LogP contribution in [-0.4, -0.2) is 6.04 Å². The van der Waals surface area contributed by atoms with Gasteiger partial charge in [0.2, 0.25) is 0 Å². The summed E-state index contributed by atoms with van der Waals surface area (Å²) in [6.07, 6.45) is 3.71. The Morgan fingerprint density at radius 2 is 2.27 bits per heavy atom. The molecule has 0 amide bonds. The van der Waals surface area contributed by atoms with Crippen LogP contribution in [0.15, 0.2) is 18.2 Å². The van der Waals surface area contributed by atoms with Crippen molar-refractivity contribution in [2.45, 2.75) is 52.1 Å². The molecule has 0 aliphatic heterocycles. The maximum absolute atomic E-state index is 3.71. The lowest BCUT2D eigenvalue weighted by Crippen LogP contribution is -2.28. The first-order valence-corrected chi connectivity index (χ1v) is 6.06. The number of hydrogen-bond donors (Lipinski definition) is 1. The highest BCUT2D eigenvalue weighted by Gasteiger charge is 2.22. The average molecular weight is 203 g/mol. The molecule has 1 nitrogen and oxygen atoms in total. The Morgan fingerprint density at radius 3 is 3.00 bits per heavy atom. The van der Waals surface area contributed by atoms with Crippen molar-refractivity contribution in [3.63, 3.8) is 0 Å². The van der Waals surface area contributed by atoms with Crippen molar-refractivity contribution >= 4 is 0 Å². The molecular formula is C14H21N. The molecule has 2 atom stereocenters. The number of fused-ring (bicyclic) bond motifs is 1. The van der Waals surface area contributed by atoms with E-state index >= 15 is 0 Å². The Kier molecular flexibility index (Phi) is 3.11. The van der Waals surface area contributed by atoms with Gasteiger partial charge >= 0.3 is 0 Å². The Morgan fingerprint density at radius 1 is 1.47 bits per heavy atom. The molecule has 0 saturated carbocycles. The highest BCUT2D eigenvalue weighted by Crippen LogP contribution is 2.32. The molecule has 1 aliphatic carbocycles. The monoisotopic (exact) mass is 203 g/mol. The lowest BCUT2D eigenvalue weighted by Gasteiger charge is -2.19. The lowest BCUT2D eigenvalue weighted by atomic mass is 10.0. The number of hydrogen-bond acceptors (Lipinski definition) is 1. The average Bonchev–Trinajstić information content (AvgIpc) is 2.61. The smallest absolute Gasteiger partial charge is 0.0328 e. The van der Waals surface area contributed by atoms with Crippen molar-refractivity contribution in [1.29, 1.82) is 0 Å². The fourth-order valence-electron chi connectivity index (χ4n) is 2.36. The van der Waals surface area contributed by atoms with Gasteiger partial charge in [-0.1, -0.05) is 30.7 Å². The van der Waals surface area contributed by atoms with Gasteiger partial charge in [0.05, 0.1) is 0 Å². The SMILES string of the molecule is CCC(C)NC1CCc2ccc(C)cc21. The third-order valence-electron chi connectivity index (χ3n) is 3.48. The summed E-state index contributed by atoms with van der Waals surface area (Å²) < 4.78 is 0. The van der Waals surface area contributed by atoms with Crippen molar-refractivity contribution in [2.75, 3.05) is 0 Å². The predicted molar refractivity (Wildman–Crippen MR) is 65.1 cm³/mol. The van der Waals surface area contributed by atoms with E-state index in [4.69, 9.17) is 0 Å². The van der Waals surface area contributed by atoms with E-state index in [0.29, 0.717) is 12.1 Å². The molecule has 2 unspecified atom stereocenters. The molecule has 0 spiro atoms. The summed E-state index contributed by atoms with van der Waals surface area (Å²) in [5.41, 5.74) is 4.46. The van der Waals surface area contributed by atoms with Gasteiger partial charge in [-0.05, 0) is 44.2 Å². The van der Waals surface area contributed by atoms with Crippen LogP contribution in [0.25, 0.3) is 0 Å². The van der Waals surface area contributed by atoms with E-state index in [-0.39, 0.29) is 0 Å². The molecule has 1 N–H and O–H groups in total. The van der Waals surface area contributed by atoms with E-state index in [2.05, 4.69) is 44.3 Å². The van der Waals surface area contributed by atoms with Gasteiger partial charge in [0.25, 0.3) is 0 Å². The van der Waals surface area contributed by atoms with Crippen LogP contribution in [0.4, 0.5) is 0 Å². The molecule has 0 bridgehead atoms. The second-order valence-corrected chi connectivity index (χ2v) is 4.77. The Bertz CT molecular complexity index is 343. The second-order valence-electron chi connectivity index (χ2n) is 4.77. The third-order valence-corrected chi connectivity index (χ3v) is 3.48. The normalized spacial score (nSPS) is 21.4. The second kappa shape index (κ2) is 4.36. The summed E-state index contributed by atoms with van der Waals surface area (Å²) in [7, 11) is 0. The van der Waals surface area contributed by atoms with Crippen LogP contribution >= 0.6 is 0 Å². The molecule has 0 radical (unpaired) electrons. The molecule has 1 aromatic carbocycles. The number of benzene rings is 1. The maximum Gasteiger partial charge on any atom is 0.0328 e. The number of aryl methyl sites for hydroxylation is 2.